The van der Waals surface area contributed by atoms with Gasteiger partial charge in [-0.15, -0.1) is 0 Å². The monoisotopic (exact) mass is 304 g/mol. The predicted molar refractivity (Wildman–Crippen MR) is 88.4 cm³/mol. The zero-order valence-corrected chi connectivity index (χ0v) is 14.3. The Kier molecular flexibility index (Phi) is 3.56. The van der Waals surface area contributed by atoms with Gasteiger partial charge in [0.2, 0.25) is 5.91 Å². The van der Waals surface area contributed by atoms with Crippen molar-refractivity contribution >= 4 is 5.91 Å². The van der Waals surface area contributed by atoms with Crippen molar-refractivity contribution < 1.29 is 4.79 Å². The molecule has 0 radical (unpaired) electrons. The van der Waals surface area contributed by atoms with Crippen LogP contribution in [0, 0.1) is 28.6 Å². The number of carbonyl (C=O) groups is 1. The summed E-state index contributed by atoms with van der Waals surface area (Å²) in [4.78, 5) is 13.0. The summed E-state index contributed by atoms with van der Waals surface area (Å²) < 4.78 is 0. The summed E-state index contributed by atoms with van der Waals surface area (Å²) in [7, 11) is 0. The van der Waals surface area contributed by atoms with Gasteiger partial charge in [-0.2, -0.15) is 0 Å². The summed E-state index contributed by atoms with van der Waals surface area (Å²) in [5, 5.41) is 6.99. The van der Waals surface area contributed by atoms with Crippen LogP contribution in [0.4, 0.5) is 0 Å². The fourth-order valence-corrected chi connectivity index (χ4v) is 6.39. The van der Waals surface area contributed by atoms with E-state index < -0.39 is 0 Å². The van der Waals surface area contributed by atoms with E-state index >= 15 is 0 Å². The van der Waals surface area contributed by atoms with Crippen molar-refractivity contribution in [2.75, 3.05) is 13.1 Å². The molecule has 22 heavy (non-hydrogen) atoms. The van der Waals surface area contributed by atoms with Gasteiger partial charge >= 0.3 is 0 Å². The molecular formula is C19H32N2O. The van der Waals surface area contributed by atoms with Crippen LogP contribution in [-0.4, -0.2) is 25.0 Å². The topological polar surface area (TPSA) is 41.1 Å². The van der Waals surface area contributed by atoms with Crippen LogP contribution in [0.2, 0.25) is 0 Å². The van der Waals surface area contributed by atoms with Gasteiger partial charge in [0, 0.05) is 18.0 Å². The Morgan fingerprint density at radius 3 is 2.23 bits per heavy atom. The van der Waals surface area contributed by atoms with Gasteiger partial charge in [0.05, 0.1) is 0 Å². The summed E-state index contributed by atoms with van der Waals surface area (Å²) in [6.07, 6.45) is 10.3. The van der Waals surface area contributed by atoms with E-state index in [2.05, 4.69) is 24.5 Å². The SMILES string of the molecule is CC1(C)CCCNC1CNC(=O)C12CC3CC(CC(C3)C1)C2. The number of rotatable bonds is 3. The third-order valence-electron chi connectivity index (χ3n) is 7.32. The number of piperidine rings is 1. The molecule has 1 amide bonds. The van der Waals surface area contributed by atoms with E-state index in [-0.39, 0.29) is 5.41 Å². The Morgan fingerprint density at radius 1 is 1.09 bits per heavy atom. The Bertz CT molecular complexity index is 421. The third-order valence-corrected chi connectivity index (χ3v) is 7.32. The molecule has 0 aromatic carbocycles. The van der Waals surface area contributed by atoms with Gasteiger partial charge < -0.3 is 10.6 Å². The number of amides is 1. The summed E-state index contributed by atoms with van der Waals surface area (Å²) in [6.45, 7) is 6.58. The van der Waals surface area contributed by atoms with Crippen molar-refractivity contribution in [3.8, 4) is 0 Å². The van der Waals surface area contributed by atoms with E-state index in [0.717, 1.165) is 30.8 Å². The lowest BCUT2D eigenvalue weighted by Crippen LogP contribution is -2.57. The minimum atomic E-state index is 0.00750. The highest BCUT2D eigenvalue weighted by Crippen LogP contribution is 2.60. The van der Waals surface area contributed by atoms with Gasteiger partial charge in [-0.1, -0.05) is 13.8 Å². The van der Waals surface area contributed by atoms with Crippen LogP contribution in [0.1, 0.15) is 65.2 Å². The molecule has 5 aliphatic rings. The third kappa shape index (κ3) is 2.50. The molecule has 3 heteroatoms. The van der Waals surface area contributed by atoms with Crippen molar-refractivity contribution in [2.24, 2.45) is 28.6 Å². The molecule has 1 aliphatic heterocycles. The van der Waals surface area contributed by atoms with Crippen molar-refractivity contribution in [3.63, 3.8) is 0 Å². The molecule has 1 heterocycles. The number of nitrogens with one attached hydrogen (secondary N) is 2. The Hall–Kier alpha value is -0.570. The standard InChI is InChI=1S/C19H32N2O/c1-18(2)4-3-5-20-16(18)12-21-17(22)19-9-13-6-14(10-19)8-15(7-13)11-19/h13-16,20H,3-12H2,1-2H3,(H,21,22). The Morgan fingerprint density at radius 2 is 1.68 bits per heavy atom. The summed E-state index contributed by atoms with van der Waals surface area (Å²) in [6, 6.07) is 0.430. The first-order valence-electron chi connectivity index (χ1n) is 9.49. The normalized spacial score (nSPS) is 45.7. The molecule has 5 fully saturated rings. The van der Waals surface area contributed by atoms with Gasteiger partial charge in [-0.3, -0.25) is 4.79 Å². The van der Waals surface area contributed by atoms with Crippen LogP contribution in [-0.2, 0) is 4.79 Å². The maximum absolute atomic E-state index is 13.0. The van der Waals surface area contributed by atoms with Crippen LogP contribution in [0.25, 0.3) is 0 Å². The Labute approximate surface area is 135 Å². The fourth-order valence-electron chi connectivity index (χ4n) is 6.39. The second-order valence-corrected chi connectivity index (χ2v) is 9.51. The first-order valence-corrected chi connectivity index (χ1v) is 9.49. The first-order chi connectivity index (χ1) is 10.5. The lowest BCUT2D eigenvalue weighted by Gasteiger charge is -2.55. The van der Waals surface area contributed by atoms with E-state index in [1.54, 1.807) is 0 Å². The largest absolute Gasteiger partial charge is 0.354 e. The predicted octanol–water partition coefficient (Wildman–Crippen LogP) is 3.10. The van der Waals surface area contributed by atoms with Crippen molar-refractivity contribution in [3.05, 3.63) is 0 Å². The summed E-state index contributed by atoms with van der Waals surface area (Å²) in [5.74, 6) is 2.93. The molecule has 0 aromatic heterocycles. The fraction of sp³-hybridized carbons (Fsp3) is 0.947. The molecule has 1 unspecified atom stereocenters. The molecule has 2 N–H and O–H groups in total. The quantitative estimate of drug-likeness (QED) is 0.841. The van der Waals surface area contributed by atoms with Crippen LogP contribution in [0.15, 0.2) is 0 Å². The van der Waals surface area contributed by atoms with E-state index in [9.17, 15) is 4.79 Å². The maximum atomic E-state index is 13.0. The Balaban J connectivity index is 1.40. The van der Waals surface area contributed by atoms with Gasteiger partial charge in [0.25, 0.3) is 0 Å². The lowest BCUT2D eigenvalue weighted by atomic mass is 9.49. The van der Waals surface area contributed by atoms with Gasteiger partial charge in [-0.25, -0.2) is 0 Å². The van der Waals surface area contributed by atoms with Gasteiger partial charge in [0.1, 0.15) is 0 Å². The minimum absolute atomic E-state index is 0.00750. The van der Waals surface area contributed by atoms with Crippen LogP contribution >= 0.6 is 0 Å². The summed E-state index contributed by atoms with van der Waals surface area (Å²) in [5.41, 5.74) is 0.306. The number of carbonyl (C=O) groups excluding carboxylic acids is 1. The van der Waals surface area contributed by atoms with Gasteiger partial charge in [0.15, 0.2) is 0 Å². The van der Waals surface area contributed by atoms with E-state index in [1.165, 1.54) is 51.4 Å². The first kappa shape index (κ1) is 15.0. The van der Waals surface area contributed by atoms with Crippen LogP contribution in [0.5, 0.6) is 0 Å². The summed E-state index contributed by atoms with van der Waals surface area (Å²) >= 11 is 0. The molecule has 4 aliphatic carbocycles. The van der Waals surface area contributed by atoms with Gasteiger partial charge in [-0.05, 0) is 81.1 Å². The average molecular weight is 304 g/mol. The second-order valence-electron chi connectivity index (χ2n) is 9.51. The molecule has 0 aromatic rings. The minimum Gasteiger partial charge on any atom is -0.354 e. The molecule has 0 spiro atoms. The maximum Gasteiger partial charge on any atom is 0.226 e. The molecule has 4 bridgehead atoms. The molecular weight excluding hydrogens is 272 g/mol. The highest BCUT2D eigenvalue weighted by Gasteiger charge is 2.54. The molecule has 124 valence electrons. The number of hydrogen-bond donors (Lipinski definition) is 2. The zero-order chi connectivity index (χ0) is 15.4. The van der Waals surface area contributed by atoms with Crippen LogP contribution < -0.4 is 10.6 Å². The van der Waals surface area contributed by atoms with Crippen molar-refractivity contribution in [2.45, 2.75) is 71.3 Å². The van der Waals surface area contributed by atoms with Crippen molar-refractivity contribution in [1.82, 2.24) is 10.6 Å². The van der Waals surface area contributed by atoms with Crippen LogP contribution in [0.3, 0.4) is 0 Å². The van der Waals surface area contributed by atoms with Crippen molar-refractivity contribution in [1.29, 1.82) is 0 Å². The molecule has 4 saturated carbocycles. The van der Waals surface area contributed by atoms with E-state index in [1.807, 2.05) is 0 Å². The van der Waals surface area contributed by atoms with E-state index in [4.69, 9.17) is 0 Å². The molecule has 1 atom stereocenters. The average Bonchev–Trinajstić information content (AvgIpc) is 2.44. The zero-order valence-electron chi connectivity index (χ0n) is 14.3. The molecule has 1 saturated heterocycles. The second kappa shape index (κ2) is 5.22. The number of hydrogen-bond acceptors (Lipinski definition) is 2. The lowest BCUT2D eigenvalue weighted by molar-refractivity contribution is -0.146. The molecule has 3 nitrogen and oxygen atoms in total. The molecule has 5 rings (SSSR count). The highest BCUT2D eigenvalue weighted by molar-refractivity contribution is 5.83. The highest BCUT2D eigenvalue weighted by atomic mass is 16.2. The van der Waals surface area contributed by atoms with E-state index in [0.29, 0.717) is 17.4 Å². The smallest absolute Gasteiger partial charge is 0.226 e.